The lowest BCUT2D eigenvalue weighted by Crippen LogP contribution is -2.82. The molecular weight excluding hydrogens is 574 g/mol. The Balaban J connectivity index is 1.24. The first-order valence-electron chi connectivity index (χ1n) is 16.7. The van der Waals surface area contributed by atoms with Gasteiger partial charge in [0.05, 0.1) is 17.8 Å². The molecule has 1 atom stereocenters. The molecule has 2 N–H and O–H groups in total. The zero-order valence-electron chi connectivity index (χ0n) is 26.2. The SMILES string of the molecule is CCCCCCCCCCCCCCCCC1(COOCC)C2(CCC(c3nc4c(Cl)c(C)[nH]n4n3)CC2)NS1(=O)=O. The summed E-state index contributed by atoms with van der Waals surface area (Å²) in [5.74, 6) is 0.931. The molecule has 2 fully saturated rings. The molecule has 1 spiro atoms. The largest absolute Gasteiger partial charge is 0.279 e. The van der Waals surface area contributed by atoms with Crippen LogP contribution in [-0.4, -0.2) is 51.7 Å². The minimum Gasteiger partial charge on any atom is -0.279 e. The number of hydrogen-bond donors (Lipinski definition) is 2. The van der Waals surface area contributed by atoms with E-state index in [1.54, 1.807) is 4.63 Å². The van der Waals surface area contributed by atoms with Crippen molar-refractivity contribution in [2.24, 2.45) is 0 Å². The van der Waals surface area contributed by atoms with Crippen LogP contribution in [0.25, 0.3) is 5.65 Å². The van der Waals surface area contributed by atoms with Gasteiger partial charge in [-0.05, 0) is 46.0 Å². The van der Waals surface area contributed by atoms with Crippen LogP contribution in [-0.2, 0) is 19.8 Å². The molecule has 11 heteroatoms. The normalized spacial score (nSPS) is 25.4. The molecule has 4 rings (SSSR count). The summed E-state index contributed by atoms with van der Waals surface area (Å²) < 4.78 is 30.5. The quantitative estimate of drug-likeness (QED) is 0.0876. The number of unbranched alkanes of at least 4 members (excludes halogenated alkanes) is 13. The van der Waals surface area contributed by atoms with Crippen molar-refractivity contribution in [3.05, 3.63) is 16.5 Å². The molecule has 0 aromatic carbocycles. The highest BCUT2D eigenvalue weighted by Gasteiger charge is 2.70. The van der Waals surface area contributed by atoms with Gasteiger partial charge in [0.15, 0.2) is 11.5 Å². The van der Waals surface area contributed by atoms with Crippen LogP contribution >= 0.6 is 11.6 Å². The van der Waals surface area contributed by atoms with Crippen molar-refractivity contribution in [3.63, 3.8) is 0 Å². The third kappa shape index (κ3) is 7.53. The van der Waals surface area contributed by atoms with E-state index in [0.29, 0.717) is 23.7 Å². The van der Waals surface area contributed by atoms with E-state index >= 15 is 0 Å². The second-order valence-electron chi connectivity index (χ2n) is 12.7. The lowest BCUT2D eigenvalue weighted by atomic mass is 9.67. The Labute approximate surface area is 258 Å². The number of halogens is 1. The number of aryl methyl sites for hydroxylation is 1. The highest BCUT2D eigenvalue weighted by Crippen LogP contribution is 2.54. The van der Waals surface area contributed by atoms with Crippen LogP contribution in [0.15, 0.2) is 0 Å². The van der Waals surface area contributed by atoms with Gasteiger partial charge in [-0.3, -0.25) is 5.10 Å². The van der Waals surface area contributed by atoms with Gasteiger partial charge in [0.1, 0.15) is 16.4 Å². The average molecular weight is 628 g/mol. The third-order valence-corrected chi connectivity index (χ3v) is 12.6. The molecule has 2 aromatic rings. The minimum absolute atomic E-state index is 0.0694. The molecular formula is C31H54ClN5O4S. The molecule has 2 aromatic heterocycles. The second kappa shape index (κ2) is 15.7. The molecule has 2 aliphatic rings. The number of rotatable bonds is 20. The third-order valence-electron chi connectivity index (χ3n) is 9.77. The Kier molecular flexibility index (Phi) is 12.6. The van der Waals surface area contributed by atoms with Crippen LogP contribution in [0.4, 0.5) is 0 Å². The van der Waals surface area contributed by atoms with Gasteiger partial charge in [0.2, 0.25) is 10.0 Å². The Hall–Kier alpha value is -1.20. The van der Waals surface area contributed by atoms with E-state index in [0.717, 1.165) is 56.5 Å². The first kappa shape index (κ1) is 33.7. The summed E-state index contributed by atoms with van der Waals surface area (Å²) in [5, 5.41) is 8.35. The first-order valence-corrected chi connectivity index (χ1v) is 18.5. The first-order chi connectivity index (χ1) is 20.3. The smallest absolute Gasteiger partial charge is 0.222 e. The van der Waals surface area contributed by atoms with Crippen molar-refractivity contribution < 1.29 is 18.2 Å². The molecule has 1 saturated heterocycles. The topological polar surface area (TPSA) is 111 Å². The molecule has 9 nitrogen and oxygen atoms in total. The van der Waals surface area contributed by atoms with E-state index in [1.165, 1.54) is 70.6 Å². The van der Waals surface area contributed by atoms with Gasteiger partial charge < -0.3 is 0 Å². The number of sulfonamides is 1. The lowest BCUT2D eigenvalue weighted by molar-refractivity contribution is -0.300. The van der Waals surface area contributed by atoms with Crippen LogP contribution < -0.4 is 4.72 Å². The number of nitrogens with zero attached hydrogens (tertiary/aromatic N) is 3. The maximum atomic E-state index is 13.4. The summed E-state index contributed by atoms with van der Waals surface area (Å²) in [6.07, 6.45) is 21.5. The van der Waals surface area contributed by atoms with E-state index in [1.807, 2.05) is 13.8 Å². The zero-order valence-corrected chi connectivity index (χ0v) is 27.8. The van der Waals surface area contributed by atoms with Crippen LogP contribution in [0.1, 0.15) is 153 Å². The average Bonchev–Trinajstić information content (AvgIpc) is 3.50. The highest BCUT2D eigenvalue weighted by atomic mass is 35.5. The summed E-state index contributed by atoms with van der Waals surface area (Å²) in [6.45, 7) is 6.47. The van der Waals surface area contributed by atoms with Crippen molar-refractivity contribution in [3.8, 4) is 0 Å². The lowest BCUT2D eigenvalue weighted by Gasteiger charge is -2.60. The molecule has 240 valence electrons. The molecule has 3 heterocycles. The number of fused-ring (bicyclic) bond motifs is 1. The van der Waals surface area contributed by atoms with Crippen molar-refractivity contribution in [1.29, 1.82) is 0 Å². The zero-order chi connectivity index (χ0) is 30.1. The molecule has 0 radical (unpaired) electrons. The van der Waals surface area contributed by atoms with E-state index in [4.69, 9.17) is 26.4 Å². The maximum absolute atomic E-state index is 13.4. The second-order valence-corrected chi connectivity index (χ2v) is 15.1. The van der Waals surface area contributed by atoms with Crippen molar-refractivity contribution >= 4 is 27.3 Å². The van der Waals surface area contributed by atoms with Crippen LogP contribution in [0, 0.1) is 6.92 Å². The summed E-state index contributed by atoms with van der Waals surface area (Å²) in [6, 6.07) is 0. The molecule has 42 heavy (non-hydrogen) atoms. The van der Waals surface area contributed by atoms with Crippen molar-refractivity contribution in [2.45, 2.75) is 159 Å². The summed E-state index contributed by atoms with van der Waals surface area (Å²) >= 11 is 6.37. The standard InChI is InChI=1S/C31H54ClN5O4S/c1-4-6-7-8-9-10-11-12-13-14-15-16-17-18-21-31(24-41-40-5-2)30(36-42(31,38)39)22-19-26(20-23-30)28-33-29-27(32)25(3)34-37(29)35-28/h26,34,36H,4-24H2,1-3H3. The number of aromatic nitrogens is 4. The van der Waals surface area contributed by atoms with Gasteiger partial charge in [-0.1, -0.05) is 108 Å². The fourth-order valence-electron chi connectivity index (χ4n) is 7.17. The fraction of sp³-hybridized carbons (Fsp3) is 0.871. The molecule has 1 aliphatic heterocycles. The fourth-order valence-corrected chi connectivity index (χ4v) is 9.68. The Morgan fingerprint density at radius 2 is 1.48 bits per heavy atom. The van der Waals surface area contributed by atoms with Crippen LogP contribution in [0.5, 0.6) is 0 Å². The molecule has 1 aliphatic carbocycles. The van der Waals surface area contributed by atoms with E-state index < -0.39 is 20.3 Å². The van der Waals surface area contributed by atoms with Gasteiger partial charge in [-0.15, -0.1) is 5.10 Å². The Morgan fingerprint density at radius 3 is 2.00 bits per heavy atom. The molecule has 0 bridgehead atoms. The molecule has 1 saturated carbocycles. The molecule has 1 unspecified atom stereocenters. The maximum Gasteiger partial charge on any atom is 0.222 e. The predicted octanol–water partition coefficient (Wildman–Crippen LogP) is 7.93. The summed E-state index contributed by atoms with van der Waals surface area (Å²) in [7, 11) is -3.51. The van der Waals surface area contributed by atoms with Crippen molar-refractivity contribution in [1.82, 2.24) is 24.5 Å². The van der Waals surface area contributed by atoms with Gasteiger partial charge in [-0.25, -0.2) is 27.9 Å². The van der Waals surface area contributed by atoms with E-state index in [9.17, 15) is 8.42 Å². The monoisotopic (exact) mass is 627 g/mol. The van der Waals surface area contributed by atoms with E-state index in [2.05, 4.69) is 21.8 Å². The van der Waals surface area contributed by atoms with Crippen molar-refractivity contribution in [2.75, 3.05) is 13.2 Å². The van der Waals surface area contributed by atoms with Gasteiger partial charge in [0, 0.05) is 5.92 Å². The van der Waals surface area contributed by atoms with Gasteiger partial charge >= 0.3 is 0 Å². The number of nitrogens with one attached hydrogen (secondary N) is 2. The van der Waals surface area contributed by atoms with E-state index in [-0.39, 0.29) is 12.5 Å². The number of aromatic amines is 1. The number of hydrogen-bond acceptors (Lipinski definition) is 6. The van der Waals surface area contributed by atoms with Gasteiger partial charge in [-0.2, -0.15) is 4.63 Å². The summed E-state index contributed by atoms with van der Waals surface area (Å²) in [5.41, 5.74) is 0.975. The Morgan fingerprint density at radius 1 is 0.905 bits per heavy atom. The summed E-state index contributed by atoms with van der Waals surface area (Å²) in [4.78, 5) is 15.4. The van der Waals surface area contributed by atoms with Crippen LogP contribution in [0.3, 0.4) is 0 Å². The predicted molar refractivity (Wildman–Crippen MR) is 168 cm³/mol. The Bertz CT molecular complexity index is 1210. The van der Waals surface area contributed by atoms with Gasteiger partial charge in [0.25, 0.3) is 0 Å². The minimum atomic E-state index is -3.51. The number of H-pyrrole nitrogens is 1. The highest BCUT2D eigenvalue weighted by molar-refractivity contribution is 7.92. The molecule has 0 amide bonds. The van der Waals surface area contributed by atoms with Crippen LogP contribution in [0.2, 0.25) is 5.02 Å².